The van der Waals surface area contributed by atoms with Crippen LogP contribution in [0.15, 0.2) is 47.8 Å². The van der Waals surface area contributed by atoms with E-state index in [4.69, 9.17) is 0 Å². The summed E-state index contributed by atoms with van der Waals surface area (Å²) in [5.74, 6) is -0.0797. The number of benzene rings is 1. The van der Waals surface area contributed by atoms with E-state index in [9.17, 15) is 4.79 Å². The quantitative estimate of drug-likeness (QED) is 0.691. The highest BCUT2D eigenvalue weighted by molar-refractivity contribution is 7.09. The lowest BCUT2D eigenvalue weighted by Gasteiger charge is -2.24. The van der Waals surface area contributed by atoms with E-state index < -0.39 is 0 Å². The van der Waals surface area contributed by atoms with Gasteiger partial charge in [-0.15, -0.1) is 11.3 Å². The fourth-order valence-electron chi connectivity index (χ4n) is 3.67. The predicted molar refractivity (Wildman–Crippen MR) is 108 cm³/mol. The molecular formula is C21H24N4OS. The first kappa shape index (κ1) is 17.9. The molecule has 6 heteroatoms. The summed E-state index contributed by atoms with van der Waals surface area (Å²) >= 11 is 1.65. The molecule has 0 saturated heterocycles. The van der Waals surface area contributed by atoms with Crippen LogP contribution in [-0.4, -0.2) is 21.7 Å². The summed E-state index contributed by atoms with van der Waals surface area (Å²) in [7, 11) is 1.94. The van der Waals surface area contributed by atoms with Crippen molar-refractivity contribution in [1.29, 1.82) is 0 Å². The molecule has 27 heavy (non-hydrogen) atoms. The van der Waals surface area contributed by atoms with Crippen molar-refractivity contribution in [2.75, 3.05) is 0 Å². The van der Waals surface area contributed by atoms with Gasteiger partial charge in [0.25, 0.3) is 5.91 Å². The summed E-state index contributed by atoms with van der Waals surface area (Å²) in [6, 6.07) is 14.8. The average Bonchev–Trinajstić information content (AvgIpc) is 3.33. The van der Waals surface area contributed by atoms with Gasteiger partial charge in [-0.3, -0.25) is 9.48 Å². The molecule has 3 aromatic rings. The van der Waals surface area contributed by atoms with E-state index in [1.807, 2.05) is 35.3 Å². The van der Waals surface area contributed by atoms with E-state index in [0.29, 0.717) is 18.3 Å². The lowest BCUT2D eigenvalue weighted by atomic mass is 9.91. The van der Waals surface area contributed by atoms with Gasteiger partial charge >= 0.3 is 0 Å². The molecule has 0 spiro atoms. The first-order valence-electron chi connectivity index (χ1n) is 9.33. The summed E-state index contributed by atoms with van der Waals surface area (Å²) in [6.45, 7) is 1.40. The highest BCUT2D eigenvalue weighted by Gasteiger charge is 2.28. The minimum atomic E-state index is -0.0797. The van der Waals surface area contributed by atoms with Crippen LogP contribution < -0.4 is 10.6 Å². The van der Waals surface area contributed by atoms with Gasteiger partial charge in [0, 0.05) is 35.8 Å². The fourth-order valence-corrected chi connectivity index (χ4v) is 4.31. The Bertz CT molecular complexity index is 902. The molecule has 1 unspecified atom stereocenters. The molecule has 1 aliphatic carbocycles. The van der Waals surface area contributed by atoms with Crippen LogP contribution in [0.1, 0.15) is 38.6 Å². The van der Waals surface area contributed by atoms with Crippen molar-refractivity contribution in [3.05, 3.63) is 75.2 Å². The number of fused-ring (bicyclic) bond motifs is 1. The third kappa shape index (κ3) is 4.12. The average molecular weight is 381 g/mol. The number of carbonyl (C=O) groups is 1. The van der Waals surface area contributed by atoms with Crippen molar-refractivity contribution < 1.29 is 4.79 Å². The Balaban J connectivity index is 1.43. The van der Waals surface area contributed by atoms with Crippen molar-refractivity contribution in [2.45, 2.75) is 38.4 Å². The maximum atomic E-state index is 12.7. The van der Waals surface area contributed by atoms with E-state index in [0.717, 1.165) is 36.2 Å². The first-order chi connectivity index (χ1) is 13.2. The molecule has 1 atom stereocenters. The molecule has 1 amide bonds. The number of carbonyl (C=O) groups excluding carboxylic acids is 1. The van der Waals surface area contributed by atoms with Crippen LogP contribution in [0.2, 0.25) is 0 Å². The number of rotatable bonds is 6. The maximum Gasteiger partial charge on any atom is 0.272 e. The van der Waals surface area contributed by atoms with Crippen molar-refractivity contribution in [1.82, 2.24) is 20.4 Å². The molecule has 140 valence electrons. The monoisotopic (exact) mass is 380 g/mol. The Kier molecular flexibility index (Phi) is 5.36. The molecule has 5 nitrogen and oxygen atoms in total. The van der Waals surface area contributed by atoms with E-state index in [1.54, 1.807) is 11.3 Å². The Morgan fingerprint density at radius 2 is 2.07 bits per heavy atom. The normalized spacial score (nSPS) is 16.1. The van der Waals surface area contributed by atoms with Crippen LogP contribution >= 0.6 is 11.3 Å². The van der Waals surface area contributed by atoms with Crippen LogP contribution in [0, 0.1) is 0 Å². The molecule has 2 heterocycles. The SMILES string of the molecule is Cn1nc(C(=O)NCc2cccs2)c2c1CCC(NCc1ccccc1)C2. The topological polar surface area (TPSA) is 59.0 Å². The molecule has 1 aliphatic rings. The third-order valence-electron chi connectivity index (χ3n) is 5.11. The summed E-state index contributed by atoms with van der Waals surface area (Å²) in [4.78, 5) is 13.9. The van der Waals surface area contributed by atoms with Gasteiger partial charge < -0.3 is 10.6 Å². The second-order valence-electron chi connectivity index (χ2n) is 6.97. The van der Waals surface area contributed by atoms with E-state index in [-0.39, 0.29) is 5.91 Å². The number of nitrogens with one attached hydrogen (secondary N) is 2. The zero-order chi connectivity index (χ0) is 18.6. The molecular weight excluding hydrogens is 356 g/mol. The largest absolute Gasteiger partial charge is 0.346 e. The molecule has 2 aromatic heterocycles. The van der Waals surface area contributed by atoms with Gasteiger partial charge in [-0.1, -0.05) is 36.4 Å². The fraction of sp³-hybridized carbons (Fsp3) is 0.333. The number of aryl methyl sites for hydroxylation is 1. The number of thiophene rings is 1. The van der Waals surface area contributed by atoms with Gasteiger partial charge in [-0.25, -0.2) is 0 Å². The zero-order valence-electron chi connectivity index (χ0n) is 15.4. The number of amides is 1. The minimum absolute atomic E-state index is 0.0797. The number of hydrogen-bond acceptors (Lipinski definition) is 4. The van der Waals surface area contributed by atoms with Crippen LogP contribution in [0.3, 0.4) is 0 Å². The summed E-state index contributed by atoms with van der Waals surface area (Å²) < 4.78 is 1.88. The molecule has 0 saturated carbocycles. The maximum absolute atomic E-state index is 12.7. The Morgan fingerprint density at radius 3 is 2.85 bits per heavy atom. The summed E-state index contributed by atoms with van der Waals surface area (Å²) in [5, 5.41) is 13.2. The Labute approximate surface area is 163 Å². The van der Waals surface area contributed by atoms with E-state index >= 15 is 0 Å². The second kappa shape index (κ2) is 8.06. The smallest absolute Gasteiger partial charge is 0.272 e. The summed E-state index contributed by atoms with van der Waals surface area (Å²) in [6.07, 6.45) is 2.86. The molecule has 0 bridgehead atoms. The van der Waals surface area contributed by atoms with Gasteiger partial charge in [0.05, 0.1) is 6.54 Å². The van der Waals surface area contributed by atoms with Crippen LogP contribution in [0.5, 0.6) is 0 Å². The number of nitrogens with zero attached hydrogens (tertiary/aromatic N) is 2. The summed E-state index contributed by atoms with van der Waals surface area (Å²) in [5.41, 5.74) is 4.14. The van der Waals surface area contributed by atoms with Crippen LogP contribution in [0.25, 0.3) is 0 Å². The first-order valence-corrected chi connectivity index (χ1v) is 10.2. The van der Waals surface area contributed by atoms with Crippen LogP contribution in [-0.2, 0) is 33.0 Å². The second-order valence-corrected chi connectivity index (χ2v) is 8.00. The Morgan fingerprint density at radius 1 is 1.22 bits per heavy atom. The van der Waals surface area contributed by atoms with Gasteiger partial charge in [-0.2, -0.15) is 5.10 Å². The third-order valence-corrected chi connectivity index (χ3v) is 5.99. The Hall–Kier alpha value is -2.44. The molecule has 0 radical (unpaired) electrons. The molecule has 1 aromatic carbocycles. The van der Waals surface area contributed by atoms with Crippen molar-refractivity contribution in [3.63, 3.8) is 0 Å². The lowest BCUT2D eigenvalue weighted by Crippen LogP contribution is -2.35. The van der Waals surface area contributed by atoms with E-state index in [2.05, 4.69) is 40.0 Å². The highest BCUT2D eigenvalue weighted by atomic mass is 32.1. The van der Waals surface area contributed by atoms with Crippen molar-refractivity contribution in [2.24, 2.45) is 7.05 Å². The molecule has 2 N–H and O–H groups in total. The van der Waals surface area contributed by atoms with Gasteiger partial charge in [-0.05, 0) is 36.3 Å². The standard InChI is InChI=1S/C21H24N4OS/c1-25-19-10-9-16(22-13-15-6-3-2-4-7-15)12-18(19)20(24-25)21(26)23-14-17-8-5-11-27-17/h2-8,11,16,22H,9-10,12-14H2,1H3,(H,23,26). The predicted octanol–water partition coefficient (Wildman–Crippen LogP) is 3.06. The zero-order valence-corrected chi connectivity index (χ0v) is 16.3. The highest BCUT2D eigenvalue weighted by Crippen LogP contribution is 2.25. The molecule has 0 aliphatic heterocycles. The van der Waals surface area contributed by atoms with Gasteiger partial charge in [0.1, 0.15) is 0 Å². The number of aromatic nitrogens is 2. The number of hydrogen-bond donors (Lipinski definition) is 2. The van der Waals surface area contributed by atoms with E-state index in [1.165, 1.54) is 11.3 Å². The molecule has 4 rings (SSSR count). The van der Waals surface area contributed by atoms with Crippen LogP contribution in [0.4, 0.5) is 0 Å². The van der Waals surface area contributed by atoms with Crippen molar-refractivity contribution >= 4 is 17.2 Å². The van der Waals surface area contributed by atoms with Crippen molar-refractivity contribution in [3.8, 4) is 0 Å². The van der Waals surface area contributed by atoms with Gasteiger partial charge in [0.2, 0.25) is 0 Å². The minimum Gasteiger partial charge on any atom is -0.346 e. The lowest BCUT2D eigenvalue weighted by molar-refractivity contribution is 0.0944. The molecule has 0 fully saturated rings. The van der Waals surface area contributed by atoms with Gasteiger partial charge in [0.15, 0.2) is 5.69 Å².